The monoisotopic (exact) mass is 296 g/mol. The summed E-state index contributed by atoms with van der Waals surface area (Å²) in [7, 11) is 0. The first-order valence-corrected chi connectivity index (χ1v) is 8.19. The summed E-state index contributed by atoms with van der Waals surface area (Å²) >= 11 is 0. The zero-order chi connectivity index (χ0) is 16.1. The lowest BCUT2D eigenvalue weighted by atomic mass is 9.70. The molecule has 0 aromatic heterocycles. The van der Waals surface area contributed by atoms with Gasteiger partial charge in [-0.2, -0.15) is 0 Å². The molecule has 1 aliphatic carbocycles. The molecule has 1 aliphatic rings. The van der Waals surface area contributed by atoms with Gasteiger partial charge in [-0.3, -0.25) is 0 Å². The highest BCUT2D eigenvalue weighted by Gasteiger charge is 2.33. The Labute approximate surface area is 130 Å². The zero-order valence-corrected chi connectivity index (χ0v) is 14.6. The first-order valence-electron chi connectivity index (χ1n) is 8.19. The summed E-state index contributed by atoms with van der Waals surface area (Å²) in [4.78, 5) is 11.4. The van der Waals surface area contributed by atoms with E-state index in [1.807, 2.05) is 13.8 Å². The fourth-order valence-electron chi connectivity index (χ4n) is 3.23. The van der Waals surface area contributed by atoms with E-state index in [1.165, 1.54) is 31.8 Å². The normalized spacial score (nSPS) is 24.0. The fraction of sp³-hybridized carbons (Fsp3) is 0.833. The van der Waals surface area contributed by atoms with Crippen LogP contribution in [0.3, 0.4) is 0 Å². The summed E-state index contributed by atoms with van der Waals surface area (Å²) < 4.78 is 11.1. The molecule has 0 saturated heterocycles. The smallest absolute Gasteiger partial charge is 0.330 e. The number of esters is 1. The summed E-state index contributed by atoms with van der Waals surface area (Å²) in [6.45, 7) is 13.0. The molecule has 1 fully saturated rings. The Bertz CT molecular complexity index is 369. The van der Waals surface area contributed by atoms with E-state index in [0.717, 1.165) is 0 Å². The fourth-order valence-corrected chi connectivity index (χ4v) is 3.23. The van der Waals surface area contributed by atoms with Crippen molar-refractivity contribution in [3.63, 3.8) is 0 Å². The maximum atomic E-state index is 11.4. The third kappa shape index (κ3) is 6.64. The third-order valence-electron chi connectivity index (χ3n) is 4.30. The molecule has 21 heavy (non-hydrogen) atoms. The molecular formula is C18H32O3. The van der Waals surface area contributed by atoms with Gasteiger partial charge in [0.15, 0.2) is 0 Å². The lowest BCUT2D eigenvalue weighted by molar-refractivity contribution is -0.137. The first-order chi connectivity index (χ1) is 9.65. The number of ether oxygens (including phenoxy) is 2. The van der Waals surface area contributed by atoms with Crippen LogP contribution >= 0.6 is 0 Å². The highest BCUT2D eigenvalue weighted by molar-refractivity contribution is 5.82. The van der Waals surface area contributed by atoms with E-state index in [2.05, 4.69) is 20.8 Å². The van der Waals surface area contributed by atoms with E-state index >= 15 is 0 Å². The largest absolute Gasteiger partial charge is 0.463 e. The molecule has 0 radical (unpaired) electrons. The Morgan fingerprint density at radius 1 is 1.43 bits per heavy atom. The van der Waals surface area contributed by atoms with Crippen LogP contribution in [-0.2, 0) is 14.3 Å². The van der Waals surface area contributed by atoms with Crippen molar-refractivity contribution in [2.45, 2.75) is 78.9 Å². The van der Waals surface area contributed by atoms with Crippen LogP contribution in [0.4, 0.5) is 0 Å². The molecule has 0 N–H and O–H groups in total. The van der Waals surface area contributed by atoms with Crippen LogP contribution in [-0.4, -0.2) is 24.3 Å². The van der Waals surface area contributed by atoms with Gasteiger partial charge in [-0.25, -0.2) is 4.79 Å². The summed E-state index contributed by atoms with van der Waals surface area (Å²) in [6.07, 6.45) is 8.52. The molecule has 0 spiro atoms. The molecule has 0 aromatic carbocycles. The summed E-state index contributed by atoms with van der Waals surface area (Å²) in [5.74, 6) is 0.296. The van der Waals surface area contributed by atoms with Crippen LogP contribution in [0.1, 0.15) is 67.2 Å². The van der Waals surface area contributed by atoms with Crippen molar-refractivity contribution in [3.05, 3.63) is 12.2 Å². The number of carbonyl (C=O) groups excluding carboxylic acids is 1. The van der Waals surface area contributed by atoms with Gasteiger partial charge in [0.2, 0.25) is 0 Å². The number of carbonyl (C=O) groups is 1. The van der Waals surface area contributed by atoms with Gasteiger partial charge in [0.25, 0.3) is 0 Å². The average molecular weight is 296 g/mol. The maximum absolute atomic E-state index is 11.4. The van der Waals surface area contributed by atoms with Gasteiger partial charge < -0.3 is 9.47 Å². The SMILES string of the molecule is CCOC(=O)C=CC(C)(C)OC(C)C1CCCC(C)(C)C1. The minimum absolute atomic E-state index is 0.200. The summed E-state index contributed by atoms with van der Waals surface area (Å²) in [5.41, 5.74) is -0.0286. The van der Waals surface area contributed by atoms with Crippen molar-refractivity contribution < 1.29 is 14.3 Å². The Kier molecular flexibility index (Phi) is 6.45. The highest BCUT2D eigenvalue weighted by Crippen LogP contribution is 2.41. The van der Waals surface area contributed by atoms with Gasteiger partial charge in [-0.1, -0.05) is 20.3 Å². The lowest BCUT2D eigenvalue weighted by Crippen LogP contribution is -2.36. The van der Waals surface area contributed by atoms with E-state index in [9.17, 15) is 4.79 Å². The molecule has 1 saturated carbocycles. The topological polar surface area (TPSA) is 35.5 Å². The molecule has 0 aromatic rings. The molecule has 0 aliphatic heterocycles. The van der Waals surface area contributed by atoms with Crippen molar-refractivity contribution in [3.8, 4) is 0 Å². The van der Waals surface area contributed by atoms with Crippen LogP contribution in [0, 0.1) is 11.3 Å². The number of hydrogen-bond donors (Lipinski definition) is 0. The predicted molar refractivity (Wildman–Crippen MR) is 86.1 cm³/mol. The standard InChI is InChI=1S/C18H32O3/c1-7-20-16(19)10-12-18(5,6)21-14(2)15-9-8-11-17(3,4)13-15/h10,12,14-15H,7-9,11,13H2,1-6H3. The van der Waals surface area contributed by atoms with Crippen LogP contribution < -0.4 is 0 Å². The molecule has 0 bridgehead atoms. The summed E-state index contributed by atoms with van der Waals surface area (Å²) in [5, 5.41) is 0. The van der Waals surface area contributed by atoms with E-state index in [4.69, 9.17) is 9.47 Å². The Hall–Kier alpha value is -0.830. The van der Waals surface area contributed by atoms with Gasteiger partial charge >= 0.3 is 5.97 Å². The second-order valence-corrected chi connectivity index (χ2v) is 7.53. The quantitative estimate of drug-likeness (QED) is 0.534. The Morgan fingerprint density at radius 3 is 2.67 bits per heavy atom. The van der Waals surface area contributed by atoms with E-state index in [0.29, 0.717) is 17.9 Å². The third-order valence-corrected chi connectivity index (χ3v) is 4.30. The maximum Gasteiger partial charge on any atom is 0.330 e. The second-order valence-electron chi connectivity index (χ2n) is 7.53. The van der Waals surface area contributed by atoms with Gasteiger partial charge in [0, 0.05) is 6.08 Å². The van der Waals surface area contributed by atoms with Crippen LogP contribution in [0.2, 0.25) is 0 Å². The van der Waals surface area contributed by atoms with Gasteiger partial charge in [0.05, 0.1) is 18.3 Å². The Morgan fingerprint density at radius 2 is 2.10 bits per heavy atom. The van der Waals surface area contributed by atoms with Crippen molar-refractivity contribution in [2.75, 3.05) is 6.61 Å². The van der Waals surface area contributed by atoms with Gasteiger partial charge in [-0.05, 0) is 64.4 Å². The summed E-state index contributed by atoms with van der Waals surface area (Å²) in [6, 6.07) is 0. The molecule has 2 unspecified atom stereocenters. The number of rotatable bonds is 6. The van der Waals surface area contributed by atoms with Crippen molar-refractivity contribution in [2.24, 2.45) is 11.3 Å². The molecule has 3 nitrogen and oxygen atoms in total. The highest BCUT2D eigenvalue weighted by atomic mass is 16.5. The average Bonchev–Trinajstić information content (AvgIpc) is 2.35. The van der Waals surface area contributed by atoms with Crippen LogP contribution in [0.25, 0.3) is 0 Å². The van der Waals surface area contributed by atoms with E-state index < -0.39 is 5.60 Å². The van der Waals surface area contributed by atoms with Crippen molar-refractivity contribution in [1.29, 1.82) is 0 Å². The molecule has 2 atom stereocenters. The van der Waals surface area contributed by atoms with Crippen LogP contribution in [0.15, 0.2) is 12.2 Å². The number of hydrogen-bond acceptors (Lipinski definition) is 3. The molecule has 122 valence electrons. The van der Waals surface area contributed by atoms with Crippen molar-refractivity contribution >= 4 is 5.97 Å². The van der Waals surface area contributed by atoms with Crippen LogP contribution in [0.5, 0.6) is 0 Å². The van der Waals surface area contributed by atoms with E-state index in [-0.39, 0.29) is 12.1 Å². The second kappa shape index (κ2) is 7.44. The molecule has 0 heterocycles. The zero-order valence-electron chi connectivity index (χ0n) is 14.6. The molecule has 1 rings (SSSR count). The Balaban J connectivity index is 2.55. The first kappa shape index (κ1) is 18.2. The predicted octanol–water partition coefficient (Wildman–Crippen LogP) is 4.51. The molecule has 3 heteroatoms. The minimum atomic E-state index is -0.451. The van der Waals surface area contributed by atoms with E-state index in [1.54, 1.807) is 13.0 Å². The minimum Gasteiger partial charge on any atom is -0.463 e. The van der Waals surface area contributed by atoms with Crippen molar-refractivity contribution in [1.82, 2.24) is 0 Å². The van der Waals surface area contributed by atoms with Gasteiger partial charge in [0.1, 0.15) is 0 Å². The molecular weight excluding hydrogens is 264 g/mol. The lowest BCUT2D eigenvalue weighted by Gasteiger charge is -2.40. The van der Waals surface area contributed by atoms with Gasteiger partial charge in [-0.15, -0.1) is 0 Å². The molecule has 0 amide bonds.